The van der Waals surface area contributed by atoms with Crippen LogP contribution in [-0.4, -0.2) is 15.5 Å². The molecule has 2 rings (SSSR count). The van der Waals surface area contributed by atoms with Crippen molar-refractivity contribution in [1.29, 1.82) is 0 Å². The van der Waals surface area contributed by atoms with Gasteiger partial charge in [0.25, 0.3) is 0 Å². The van der Waals surface area contributed by atoms with Crippen molar-refractivity contribution in [3.05, 3.63) is 12.4 Å². The molecule has 1 saturated carbocycles. The van der Waals surface area contributed by atoms with Crippen molar-refractivity contribution < 1.29 is 4.79 Å². The normalized spacial score (nSPS) is 17.7. The second-order valence-electron chi connectivity index (χ2n) is 4.19. The van der Waals surface area contributed by atoms with Crippen LogP contribution < -0.4 is 5.32 Å². The van der Waals surface area contributed by atoms with Gasteiger partial charge in [0.1, 0.15) is 0 Å². The van der Waals surface area contributed by atoms with Crippen LogP contribution in [0.2, 0.25) is 0 Å². The minimum atomic E-state index is 0.129. The van der Waals surface area contributed by atoms with E-state index in [1.54, 1.807) is 6.20 Å². The summed E-state index contributed by atoms with van der Waals surface area (Å²) in [5.41, 5.74) is 0. The molecule has 1 aliphatic rings. The predicted octanol–water partition coefficient (Wildman–Crippen LogP) is 1.94. The van der Waals surface area contributed by atoms with E-state index in [4.69, 9.17) is 0 Å². The molecule has 0 unspecified atom stereocenters. The smallest absolute Gasteiger partial charge is 0.229 e. The Morgan fingerprint density at radius 3 is 2.80 bits per heavy atom. The first-order valence-electron chi connectivity index (χ1n) is 5.55. The second-order valence-corrected chi connectivity index (χ2v) is 4.19. The van der Waals surface area contributed by atoms with Gasteiger partial charge in [-0.1, -0.05) is 19.3 Å². The summed E-state index contributed by atoms with van der Waals surface area (Å²) in [4.78, 5) is 15.9. The molecule has 1 amide bonds. The maximum Gasteiger partial charge on any atom is 0.229 e. The second kappa shape index (κ2) is 4.47. The number of aryl methyl sites for hydroxylation is 1. The summed E-state index contributed by atoms with van der Waals surface area (Å²) in [6, 6.07) is 0. The number of nitrogens with one attached hydrogen (secondary N) is 1. The number of carbonyl (C=O) groups is 1. The average Bonchev–Trinajstić information content (AvgIpc) is 2.66. The quantitative estimate of drug-likeness (QED) is 0.805. The van der Waals surface area contributed by atoms with E-state index in [1.165, 1.54) is 19.3 Å². The minimum absolute atomic E-state index is 0.129. The summed E-state index contributed by atoms with van der Waals surface area (Å²) >= 11 is 0. The molecule has 0 aromatic carbocycles. The summed E-state index contributed by atoms with van der Waals surface area (Å²) in [7, 11) is 1.88. The number of hydrogen-bond donors (Lipinski definition) is 1. The van der Waals surface area contributed by atoms with Crippen molar-refractivity contribution >= 4 is 11.9 Å². The van der Waals surface area contributed by atoms with Crippen molar-refractivity contribution in [2.45, 2.75) is 32.1 Å². The molecule has 15 heavy (non-hydrogen) atoms. The lowest BCUT2D eigenvalue weighted by Crippen LogP contribution is -2.25. The Bertz CT molecular complexity index is 339. The van der Waals surface area contributed by atoms with Gasteiger partial charge in [-0.3, -0.25) is 10.1 Å². The van der Waals surface area contributed by atoms with Crippen LogP contribution in [0.5, 0.6) is 0 Å². The lowest BCUT2D eigenvalue weighted by atomic mass is 9.89. The van der Waals surface area contributed by atoms with Crippen LogP contribution in [0.1, 0.15) is 32.1 Å². The number of hydrogen-bond acceptors (Lipinski definition) is 2. The molecule has 0 bridgehead atoms. The summed E-state index contributed by atoms with van der Waals surface area (Å²) in [6.07, 6.45) is 9.20. The van der Waals surface area contributed by atoms with E-state index in [0.29, 0.717) is 5.95 Å². The molecule has 1 N–H and O–H groups in total. The molecule has 4 nitrogen and oxygen atoms in total. The Kier molecular flexibility index (Phi) is 3.04. The third-order valence-electron chi connectivity index (χ3n) is 3.03. The maximum absolute atomic E-state index is 11.9. The van der Waals surface area contributed by atoms with Crippen LogP contribution in [0.3, 0.4) is 0 Å². The maximum atomic E-state index is 11.9. The number of anilines is 1. The zero-order valence-electron chi connectivity index (χ0n) is 9.07. The SMILES string of the molecule is Cn1ccnc1NC(=O)C1CCCCC1. The van der Waals surface area contributed by atoms with E-state index in [1.807, 2.05) is 17.8 Å². The van der Waals surface area contributed by atoms with Crippen LogP contribution in [0.25, 0.3) is 0 Å². The fourth-order valence-electron chi connectivity index (χ4n) is 2.06. The van der Waals surface area contributed by atoms with Gasteiger partial charge in [0.05, 0.1) is 0 Å². The van der Waals surface area contributed by atoms with Crippen LogP contribution >= 0.6 is 0 Å². The standard InChI is InChI=1S/C11H17N3O/c1-14-8-7-12-11(14)13-10(15)9-5-3-2-4-6-9/h7-9H,2-6H2,1H3,(H,12,13,15). The van der Waals surface area contributed by atoms with E-state index in [-0.39, 0.29) is 11.8 Å². The van der Waals surface area contributed by atoms with Gasteiger partial charge >= 0.3 is 0 Å². The molecular formula is C11H17N3O. The molecule has 0 spiro atoms. The molecule has 1 aromatic rings. The van der Waals surface area contributed by atoms with Gasteiger partial charge in [0.15, 0.2) is 0 Å². The Morgan fingerprint density at radius 1 is 1.47 bits per heavy atom. The molecular weight excluding hydrogens is 190 g/mol. The number of aromatic nitrogens is 2. The highest BCUT2D eigenvalue weighted by atomic mass is 16.2. The van der Waals surface area contributed by atoms with Gasteiger partial charge in [0.2, 0.25) is 11.9 Å². The Morgan fingerprint density at radius 2 is 2.20 bits per heavy atom. The first-order chi connectivity index (χ1) is 7.27. The van der Waals surface area contributed by atoms with Gasteiger partial charge < -0.3 is 4.57 Å². The van der Waals surface area contributed by atoms with Gasteiger partial charge in [-0.25, -0.2) is 4.98 Å². The van der Waals surface area contributed by atoms with E-state index < -0.39 is 0 Å². The lowest BCUT2D eigenvalue weighted by Gasteiger charge is -2.20. The van der Waals surface area contributed by atoms with Gasteiger partial charge in [0, 0.05) is 25.4 Å². The minimum Gasteiger partial charge on any atom is -0.320 e. The third kappa shape index (κ3) is 2.37. The highest BCUT2D eigenvalue weighted by Gasteiger charge is 2.21. The number of amides is 1. The Hall–Kier alpha value is -1.32. The fraction of sp³-hybridized carbons (Fsp3) is 0.636. The van der Waals surface area contributed by atoms with E-state index >= 15 is 0 Å². The van der Waals surface area contributed by atoms with Crippen molar-refractivity contribution in [1.82, 2.24) is 9.55 Å². The lowest BCUT2D eigenvalue weighted by molar-refractivity contribution is -0.120. The summed E-state index contributed by atoms with van der Waals surface area (Å²) in [5, 5.41) is 2.87. The first-order valence-corrected chi connectivity index (χ1v) is 5.55. The van der Waals surface area contributed by atoms with Crippen LogP contribution in [0, 0.1) is 5.92 Å². The molecule has 1 aliphatic carbocycles. The molecule has 1 aromatic heterocycles. The topological polar surface area (TPSA) is 46.9 Å². The van der Waals surface area contributed by atoms with E-state index in [9.17, 15) is 4.79 Å². The molecule has 82 valence electrons. The molecule has 1 heterocycles. The average molecular weight is 207 g/mol. The fourth-order valence-corrected chi connectivity index (χ4v) is 2.06. The van der Waals surface area contributed by atoms with Gasteiger partial charge in [-0.15, -0.1) is 0 Å². The number of imidazole rings is 1. The molecule has 0 saturated heterocycles. The van der Waals surface area contributed by atoms with Crippen LogP contribution in [0.15, 0.2) is 12.4 Å². The number of carbonyl (C=O) groups excluding carboxylic acids is 1. The zero-order chi connectivity index (χ0) is 10.7. The summed E-state index contributed by atoms with van der Waals surface area (Å²) in [5.74, 6) is 0.963. The molecule has 1 fully saturated rings. The van der Waals surface area contributed by atoms with Crippen LogP contribution in [0.4, 0.5) is 5.95 Å². The Balaban J connectivity index is 1.94. The highest BCUT2D eigenvalue weighted by molar-refractivity contribution is 5.91. The third-order valence-corrected chi connectivity index (χ3v) is 3.03. The van der Waals surface area contributed by atoms with Gasteiger partial charge in [-0.2, -0.15) is 0 Å². The summed E-state index contributed by atoms with van der Waals surface area (Å²) < 4.78 is 1.82. The largest absolute Gasteiger partial charge is 0.320 e. The monoisotopic (exact) mass is 207 g/mol. The highest BCUT2D eigenvalue weighted by Crippen LogP contribution is 2.24. The van der Waals surface area contributed by atoms with Crippen molar-refractivity contribution in [2.24, 2.45) is 13.0 Å². The first kappa shape index (κ1) is 10.2. The predicted molar refractivity (Wildman–Crippen MR) is 58.4 cm³/mol. The molecule has 0 aliphatic heterocycles. The molecule has 4 heteroatoms. The van der Waals surface area contributed by atoms with Crippen molar-refractivity contribution in [2.75, 3.05) is 5.32 Å². The van der Waals surface area contributed by atoms with Crippen LogP contribution in [-0.2, 0) is 11.8 Å². The summed E-state index contributed by atoms with van der Waals surface area (Å²) in [6.45, 7) is 0. The van der Waals surface area contributed by atoms with Crippen molar-refractivity contribution in [3.8, 4) is 0 Å². The van der Waals surface area contributed by atoms with E-state index in [2.05, 4.69) is 10.3 Å². The number of rotatable bonds is 2. The van der Waals surface area contributed by atoms with E-state index in [0.717, 1.165) is 12.8 Å². The van der Waals surface area contributed by atoms with Crippen molar-refractivity contribution in [3.63, 3.8) is 0 Å². The molecule has 0 radical (unpaired) electrons. The molecule has 0 atom stereocenters. The Labute approximate surface area is 89.7 Å². The zero-order valence-corrected chi connectivity index (χ0v) is 9.07. The van der Waals surface area contributed by atoms with Gasteiger partial charge in [-0.05, 0) is 12.8 Å². The number of nitrogens with zero attached hydrogens (tertiary/aromatic N) is 2.